The Balaban J connectivity index is 2.45. The molecule has 6 nitrogen and oxygen atoms in total. The normalized spacial score (nSPS) is 16.3. The highest BCUT2D eigenvalue weighted by Gasteiger charge is 2.32. The molecule has 1 heterocycles. The maximum Gasteiger partial charge on any atom is 0.266 e. The van der Waals surface area contributed by atoms with E-state index in [9.17, 15) is 18.3 Å². The molecule has 1 aliphatic carbocycles. The number of aliphatic hydroxyl groups is 1. The van der Waals surface area contributed by atoms with E-state index in [1.54, 1.807) is 13.0 Å². The number of nitrogens with one attached hydrogen (secondary N) is 1. The number of rotatable bonds is 5. The number of nitrogens with zero attached hydrogens (tertiary/aromatic N) is 1. The van der Waals surface area contributed by atoms with Gasteiger partial charge < -0.3 is 10.4 Å². The van der Waals surface area contributed by atoms with E-state index in [0.717, 1.165) is 18.4 Å². The van der Waals surface area contributed by atoms with Crippen molar-refractivity contribution >= 4 is 15.7 Å². The van der Waals surface area contributed by atoms with E-state index in [0.29, 0.717) is 5.92 Å². The van der Waals surface area contributed by atoms with E-state index in [1.165, 1.54) is 19.3 Å². The fourth-order valence-electron chi connectivity index (χ4n) is 2.00. The van der Waals surface area contributed by atoms with Crippen LogP contribution < -0.4 is 5.32 Å². The van der Waals surface area contributed by atoms with Gasteiger partial charge in [-0.1, -0.05) is 13.0 Å². The molecule has 1 fully saturated rings. The number of amides is 1. The van der Waals surface area contributed by atoms with Crippen LogP contribution in [0.25, 0.3) is 0 Å². The summed E-state index contributed by atoms with van der Waals surface area (Å²) >= 11 is 0. The molecule has 1 amide bonds. The molecule has 114 valence electrons. The highest BCUT2D eigenvalue weighted by atomic mass is 32.2. The van der Waals surface area contributed by atoms with Crippen molar-refractivity contribution in [1.82, 2.24) is 10.3 Å². The van der Waals surface area contributed by atoms with Crippen LogP contribution in [-0.2, 0) is 14.6 Å². The zero-order chi connectivity index (χ0) is 15.6. The maximum atomic E-state index is 12.5. The highest BCUT2D eigenvalue weighted by molar-refractivity contribution is 7.96. The molecule has 1 aromatic heterocycles. The van der Waals surface area contributed by atoms with Crippen molar-refractivity contribution in [2.24, 2.45) is 0 Å². The van der Waals surface area contributed by atoms with Gasteiger partial charge in [0.1, 0.15) is 5.76 Å². The topological polar surface area (TPSA) is 96.4 Å². The molecule has 1 saturated carbocycles. The average Bonchev–Trinajstić information content (AvgIpc) is 3.31. The summed E-state index contributed by atoms with van der Waals surface area (Å²) in [6.07, 6.45) is 3.75. The predicted octanol–water partition coefficient (Wildman–Crippen LogP) is 1.66. The Labute approximate surface area is 123 Å². The number of hydrogen-bond acceptors (Lipinski definition) is 5. The number of carbonyl (C=O) groups excluding carboxylic acids is 1. The number of aliphatic hydroxyl groups excluding tert-OH is 1. The van der Waals surface area contributed by atoms with E-state index in [4.69, 9.17) is 0 Å². The summed E-state index contributed by atoms with van der Waals surface area (Å²) in [6, 6.07) is 3.09. The summed E-state index contributed by atoms with van der Waals surface area (Å²) < 4.78 is 25.0. The number of hydrogen-bond donors (Lipinski definition) is 2. The standard InChI is InChI=1S/C14H18N2O4S/c1-3-11(17)13(14(18)15-2)21(19,20)12-7-6-10(8-16-12)9-4-5-9/h6-9,17H,3-5H2,1-2H3,(H,15,18)/b13-11-. The van der Waals surface area contributed by atoms with Crippen LogP contribution >= 0.6 is 0 Å². The average molecular weight is 310 g/mol. The van der Waals surface area contributed by atoms with Gasteiger partial charge in [0.15, 0.2) is 9.93 Å². The molecule has 0 atom stereocenters. The summed E-state index contributed by atoms with van der Waals surface area (Å²) in [5.74, 6) is -0.850. The lowest BCUT2D eigenvalue weighted by atomic mass is 10.2. The SMILES string of the molecule is CC/C(O)=C(\C(=O)NC)S(=O)(=O)c1ccc(C2CC2)cn1. The van der Waals surface area contributed by atoms with Gasteiger partial charge in [-0.2, -0.15) is 0 Å². The van der Waals surface area contributed by atoms with Gasteiger partial charge in [-0.05, 0) is 30.4 Å². The lowest BCUT2D eigenvalue weighted by molar-refractivity contribution is -0.116. The number of pyridine rings is 1. The van der Waals surface area contributed by atoms with Gasteiger partial charge in [-0.15, -0.1) is 0 Å². The molecule has 0 radical (unpaired) electrons. The molecule has 0 spiro atoms. The second kappa shape index (κ2) is 5.85. The summed E-state index contributed by atoms with van der Waals surface area (Å²) in [5.41, 5.74) is 0.999. The third-order valence-electron chi connectivity index (χ3n) is 3.38. The highest BCUT2D eigenvalue weighted by Crippen LogP contribution is 2.39. The Kier molecular flexibility index (Phi) is 4.32. The molecule has 21 heavy (non-hydrogen) atoms. The summed E-state index contributed by atoms with van der Waals surface area (Å²) in [5, 5.41) is 11.8. The second-order valence-electron chi connectivity index (χ2n) is 4.92. The van der Waals surface area contributed by atoms with Crippen LogP contribution in [-0.4, -0.2) is 31.5 Å². The van der Waals surface area contributed by atoms with Gasteiger partial charge >= 0.3 is 0 Å². The summed E-state index contributed by atoms with van der Waals surface area (Å²) in [7, 11) is -2.83. The molecule has 0 saturated heterocycles. The van der Waals surface area contributed by atoms with Gasteiger partial charge in [0.05, 0.1) is 0 Å². The van der Waals surface area contributed by atoms with Crippen molar-refractivity contribution in [2.45, 2.75) is 37.1 Å². The van der Waals surface area contributed by atoms with Crippen LogP contribution in [0.2, 0.25) is 0 Å². The van der Waals surface area contributed by atoms with Crippen LogP contribution in [0.3, 0.4) is 0 Å². The molecule has 0 bridgehead atoms. The minimum Gasteiger partial charge on any atom is -0.511 e. The molecule has 2 N–H and O–H groups in total. The first-order chi connectivity index (χ1) is 9.91. The Morgan fingerprint density at radius 1 is 1.43 bits per heavy atom. The van der Waals surface area contributed by atoms with Crippen molar-refractivity contribution in [1.29, 1.82) is 0 Å². The zero-order valence-electron chi connectivity index (χ0n) is 12.0. The molecule has 0 unspecified atom stereocenters. The minimum absolute atomic E-state index is 0.0438. The summed E-state index contributed by atoms with van der Waals surface area (Å²) in [6.45, 7) is 1.57. The predicted molar refractivity (Wildman–Crippen MR) is 77.4 cm³/mol. The van der Waals surface area contributed by atoms with Crippen molar-refractivity contribution < 1.29 is 18.3 Å². The molecular weight excluding hydrogens is 292 g/mol. The van der Waals surface area contributed by atoms with Gasteiger partial charge in [-0.3, -0.25) is 4.79 Å². The first-order valence-electron chi connectivity index (χ1n) is 6.77. The number of allylic oxidation sites excluding steroid dienone is 1. The molecule has 0 aliphatic heterocycles. The number of sulfone groups is 1. The molecular formula is C14H18N2O4S. The molecule has 2 rings (SSSR count). The van der Waals surface area contributed by atoms with Crippen LogP contribution in [0.5, 0.6) is 0 Å². The van der Waals surface area contributed by atoms with Gasteiger partial charge in [-0.25, -0.2) is 13.4 Å². The van der Waals surface area contributed by atoms with Crippen molar-refractivity contribution in [3.63, 3.8) is 0 Å². The van der Waals surface area contributed by atoms with Gasteiger partial charge in [0.2, 0.25) is 9.84 Å². The molecule has 0 aromatic carbocycles. The third-order valence-corrected chi connectivity index (χ3v) is 5.13. The second-order valence-corrected chi connectivity index (χ2v) is 6.75. The van der Waals surface area contributed by atoms with E-state index in [2.05, 4.69) is 10.3 Å². The maximum absolute atomic E-state index is 12.5. The van der Waals surface area contributed by atoms with Crippen molar-refractivity contribution in [3.05, 3.63) is 34.6 Å². The van der Waals surface area contributed by atoms with Gasteiger partial charge in [0, 0.05) is 19.7 Å². The largest absolute Gasteiger partial charge is 0.511 e. The fraction of sp³-hybridized carbons (Fsp3) is 0.429. The lowest BCUT2D eigenvalue weighted by Gasteiger charge is -2.10. The smallest absolute Gasteiger partial charge is 0.266 e. The number of carbonyl (C=O) groups is 1. The molecule has 1 aliphatic rings. The van der Waals surface area contributed by atoms with Gasteiger partial charge in [0.25, 0.3) is 5.91 Å². The number of aromatic nitrogens is 1. The van der Waals surface area contributed by atoms with Crippen LogP contribution in [0.4, 0.5) is 0 Å². The quantitative estimate of drug-likeness (QED) is 0.637. The number of likely N-dealkylation sites (N-methyl/N-ethyl adjacent to an activating group) is 1. The molecule has 7 heteroatoms. The third kappa shape index (κ3) is 3.07. The van der Waals surface area contributed by atoms with Crippen LogP contribution in [0.1, 0.15) is 37.7 Å². The molecule has 1 aromatic rings. The fourth-order valence-corrected chi connectivity index (χ4v) is 3.44. The first-order valence-corrected chi connectivity index (χ1v) is 8.25. The Hall–Kier alpha value is -1.89. The Morgan fingerprint density at radius 3 is 2.52 bits per heavy atom. The Bertz CT molecular complexity index is 673. The monoisotopic (exact) mass is 310 g/mol. The van der Waals surface area contributed by atoms with E-state index >= 15 is 0 Å². The van der Waals surface area contributed by atoms with Crippen molar-refractivity contribution in [3.8, 4) is 0 Å². The Morgan fingerprint density at radius 2 is 2.10 bits per heavy atom. The lowest BCUT2D eigenvalue weighted by Crippen LogP contribution is -2.27. The zero-order valence-corrected chi connectivity index (χ0v) is 12.8. The van der Waals surface area contributed by atoms with Crippen LogP contribution in [0, 0.1) is 0 Å². The minimum atomic E-state index is -4.14. The van der Waals surface area contributed by atoms with E-state index in [-0.39, 0.29) is 11.4 Å². The van der Waals surface area contributed by atoms with Crippen molar-refractivity contribution in [2.75, 3.05) is 7.05 Å². The summed E-state index contributed by atoms with van der Waals surface area (Å²) in [4.78, 5) is 15.1. The first kappa shape index (κ1) is 15.5. The van der Waals surface area contributed by atoms with E-state index < -0.39 is 26.4 Å². The van der Waals surface area contributed by atoms with Crippen LogP contribution in [0.15, 0.2) is 34.0 Å². The van der Waals surface area contributed by atoms with E-state index in [1.807, 2.05) is 0 Å².